The minimum absolute atomic E-state index is 0.415. The fourth-order valence-corrected chi connectivity index (χ4v) is 1.82. The lowest BCUT2D eigenvalue weighted by Gasteiger charge is -2.12. The third kappa shape index (κ3) is 1.58. The van der Waals surface area contributed by atoms with Gasteiger partial charge < -0.3 is 5.32 Å². The quantitative estimate of drug-likeness (QED) is 0.736. The number of hydrogen-bond acceptors (Lipinski definition) is 3. The first-order valence-electron chi connectivity index (χ1n) is 4.89. The number of nitrogens with one attached hydrogen (secondary N) is 1. The summed E-state index contributed by atoms with van der Waals surface area (Å²) in [5.41, 5.74) is 0. The third-order valence-corrected chi connectivity index (χ3v) is 2.52. The van der Waals surface area contributed by atoms with Crippen LogP contribution in [-0.4, -0.2) is 27.9 Å². The second kappa shape index (κ2) is 3.46. The lowest BCUT2D eigenvalue weighted by atomic mass is 10.1. The van der Waals surface area contributed by atoms with Crippen LogP contribution < -0.4 is 5.32 Å². The summed E-state index contributed by atoms with van der Waals surface area (Å²) < 4.78 is 2.03. The van der Waals surface area contributed by atoms with Crippen LogP contribution in [0.5, 0.6) is 0 Å². The summed E-state index contributed by atoms with van der Waals surface area (Å²) in [6.07, 6.45) is 2.85. The van der Waals surface area contributed by atoms with Gasteiger partial charge in [-0.15, -0.1) is 0 Å². The molecular weight excluding hydrogens is 164 g/mol. The Hall–Kier alpha value is -0.900. The minimum atomic E-state index is 0.415. The maximum atomic E-state index is 4.33. The molecule has 4 nitrogen and oxygen atoms in total. The predicted molar refractivity (Wildman–Crippen MR) is 50.6 cm³/mol. The van der Waals surface area contributed by atoms with E-state index in [1.165, 1.54) is 6.42 Å². The fourth-order valence-electron chi connectivity index (χ4n) is 1.82. The first-order valence-corrected chi connectivity index (χ1v) is 4.89. The first-order chi connectivity index (χ1) is 6.29. The van der Waals surface area contributed by atoms with Crippen molar-refractivity contribution >= 4 is 0 Å². The van der Waals surface area contributed by atoms with Gasteiger partial charge in [0.1, 0.15) is 12.2 Å². The number of nitrogens with zero attached hydrogens (tertiary/aromatic N) is 3. The molecule has 0 saturated carbocycles. The van der Waals surface area contributed by atoms with Gasteiger partial charge in [0.05, 0.1) is 0 Å². The van der Waals surface area contributed by atoms with Crippen LogP contribution in [0.4, 0.5) is 0 Å². The van der Waals surface area contributed by atoms with Crippen LogP contribution in [0.15, 0.2) is 6.33 Å². The Balaban J connectivity index is 2.23. The van der Waals surface area contributed by atoms with Gasteiger partial charge in [-0.3, -0.25) is 0 Å². The van der Waals surface area contributed by atoms with E-state index in [4.69, 9.17) is 0 Å². The second-order valence-electron chi connectivity index (χ2n) is 3.85. The van der Waals surface area contributed by atoms with Gasteiger partial charge in [-0.2, -0.15) is 5.10 Å². The van der Waals surface area contributed by atoms with Crippen LogP contribution >= 0.6 is 0 Å². The molecule has 1 saturated heterocycles. The third-order valence-electron chi connectivity index (χ3n) is 2.52. The number of rotatable bonds is 2. The maximum absolute atomic E-state index is 4.33. The summed E-state index contributed by atoms with van der Waals surface area (Å²) in [6.45, 7) is 6.43. The highest BCUT2D eigenvalue weighted by Crippen LogP contribution is 2.21. The topological polar surface area (TPSA) is 42.7 Å². The van der Waals surface area contributed by atoms with Crippen LogP contribution in [-0.2, 0) is 0 Å². The summed E-state index contributed by atoms with van der Waals surface area (Å²) in [4.78, 5) is 4.33. The molecule has 1 aliphatic heterocycles. The molecule has 0 aliphatic carbocycles. The van der Waals surface area contributed by atoms with Crippen molar-refractivity contribution in [2.45, 2.75) is 32.2 Å². The van der Waals surface area contributed by atoms with Crippen molar-refractivity contribution in [1.82, 2.24) is 20.1 Å². The van der Waals surface area contributed by atoms with Crippen LogP contribution in [0.25, 0.3) is 0 Å². The number of aromatic nitrogens is 3. The van der Waals surface area contributed by atoms with Crippen LogP contribution in [0.2, 0.25) is 0 Å². The van der Waals surface area contributed by atoms with Gasteiger partial charge in [-0.25, -0.2) is 9.67 Å². The van der Waals surface area contributed by atoms with Crippen molar-refractivity contribution in [3.05, 3.63) is 12.2 Å². The van der Waals surface area contributed by atoms with E-state index in [-0.39, 0.29) is 0 Å². The molecule has 1 fully saturated rings. The zero-order chi connectivity index (χ0) is 9.26. The van der Waals surface area contributed by atoms with Crippen molar-refractivity contribution in [1.29, 1.82) is 0 Å². The summed E-state index contributed by atoms with van der Waals surface area (Å²) in [7, 11) is 0. The highest BCUT2D eigenvalue weighted by Gasteiger charge is 2.22. The standard InChI is InChI=1S/C9H16N4/c1-7(2)13-9(11-6-12-13)8-3-4-10-5-8/h6-8,10H,3-5H2,1-2H3. The molecule has 1 aliphatic rings. The monoisotopic (exact) mass is 180 g/mol. The van der Waals surface area contributed by atoms with Gasteiger partial charge in [0.15, 0.2) is 0 Å². The lowest BCUT2D eigenvalue weighted by molar-refractivity contribution is 0.484. The Bertz CT molecular complexity index is 273. The summed E-state index contributed by atoms with van der Waals surface area (Å²) in [5, 5.41) is 7.58. The first kappa shape index (κ1) is 8.69. The van der Waals surface area contributed by atoms with E-state index in [0.717, 1.165) is 18.9 Å². The van der Waals surface area contributed by atoms with Gasteiger partial charge in [0.25, 0.3) is 0 Å². The highest BCUT2D eigenvalue weighted by atomic mass is 15.3. The van der Waals surface area contributed by atoms with E-state index >= 15 is 0 Å². The molecule has 0 radical (unpaired) electrons. The molecule has 0 amide bonds. The molecule has 0 bridgehead atoms. The van der Waals surface area contributed by atoms with E-state index in [1.807, 2.05) is 4.68 Å². The van der Waals surface area contributed by atoms with Gasteiger partial charge in [-0.05, 0) is 26.8 Å². The van der Waals surface area contributed by atoms with Crippen molar-refractivity contribution in [2.75, 3.05) is 13.1 Å². The molecule has 2 rings (SSSR count). The smallest absolute Gasteiger partial charge is 0.138 e. The maximum Gasteiger partial charge on any atom is 0.138 e. The zero-order valence-electron chi connectivity index (χ0n) is 8.20. The summed E-state index contributed by atoms with van der Waals surface area (Å²) in [5.74, 6) is 1.70. The SMILES string of the molecule is CC(C)n1ncnc1C1CCNC1. The average molecular weight is 180 g/mol. The summed E-state index contributed by atoms with van der Waals surface area (Å²) >= 11 is 0. The minimum Gasteiger partial charge on any atom is -0.316 e. The molecule has 1 aromatic heterocycles. The number of hydrogen-bond donors (Lipinski definition) is 1. The Morgan fingerprint density at radius 2 is 2.46 bits per heavy atom. The summed E-state index contributed by atoms with van der Waals surface area (Å²) in [6, 6.07) is 0.415. The van der Waals surface area contributed by atoms with Gasteiger partial charge in [-0.1, -0.05) is 0 Å². The molecule has 4 heteroatoms. The largest absolute Gasteiger partial charge is 0.316 e. The Morgan fingerprint density at radius 1 is 1.62 bits per heavy atom. The molecule has 2 heterocycles. The van der Waals surface area contributed by atoms with Gasteiger partial charge in [0.2, 0.25) is 0 Å². The van der Waals surface area contributed by atoms with Crippen LogP contribution in [0.1, 0.15) is 38.1 Å². The molecule has 0 aromatic carbocycles. The molecule has 1 aromatic rings. The van der Waals surface area contributed by atoms with E-state index in [0.29, 0.717) is 12.0 Å². The average Bonchev–Trinajstić information content (AvgIpc) is 2.74. The van der Waals surface area contributed by atoms with Gasteiger partial charge in [0, 0.05) is 18.5 Å². The van der Waals surface area contributed by atoms with Crippen LogP contribution in [0.3, 0.4) is 0 Å². The predicted octanol–water partition coefficient (Wildman–Crippen LogP) is 0.936. The van der Waals surface area contributed by atoms with E-state index in [1.54, 1.807) is 6.33 Å². The Kier molecular flexibility index (Phi) is 2.31. The zero-order valence-corrected chi connectivity index (χ0v) is 8.20. The van der Waals surface area contributed by atoms with Crippen molar-refractivity contribution in [3.8, 4) is 0 Å². The Morgan fingerprint density at radius 3 is 3.08 bits per heavy atom. The fraction of sp³-hybridized carbons (Fsp3) is 0.778. The van der Waals surface area contributed by atoms with Crippen molar-refractivity contribution in [3.63, 3.8) is 0 Å². The molecule has 1 unspecified atom stereocenters. The van der Waals surface area contributed by atoms with Crippen molar-refractivity contribution in [2.24, 2.45) is 0 Å². The van der Waals surface area contributed by atoms with Crippen LogP contribution in [0, 0.1) is 0 Å². The molecule has 1 N–H and O–H groups in total. The molecule has 0 spiro atoms. The molecular formula is C9H16N4. The second-order valence-corrected chi connectivity index (χ2v) is 3.85. The molecule has 13 heavy (non-hydrogen) atoms. The molecule has 72 valence electrons. The Labute approximate surface area is 78.4 Å². The highest BCUT2D eigenvalue weighted by molar-refractivity contribution is 5.00. The van der Waals surface area contributed by atoms with Crippen molar-refractivity contribution < 1.29 is 0 Å². The van der Waals surface area contributed by atoms with Gasteiger partial charge >= 0.3 is 0 Å². The normalized spacial score (nSPS) is 22.8. The van der Waals surface area contributed by atoms with E-state index in [2.05, 4.69) is 29.2 Å². The van der Waals surface area contributed by atoms with E-state index in [9.17, 15) is 0 Å². The lowest BCUT2D eigenvalue weighted by Crippen LogP contribution is -2.14. The molecule has 1 atom stereocenters. The van der Waals surface area contributed by atoms with E-state index < -0.39 is 0 Å².